The van der Waals surface area contributed by atoms with Gasteiger partial charge in [-0.3, -0.25) is 4.79 Å². The molecule has 134 valence electrons. The van der Waals surface area contributed by atoms with E-state index in [0.29, 0.717) is 11.3 Å². The maximum absolute atomic E-state index is 13.7. The average molecular weight is 423 g/mol. The van der Waals surface area contributed by atoms with Gasteiger partial charge in [0.15, 0.2) is 0 Å². The molecule has 7 heteroatoms. The van der Waals surface area contributed by atoms with Gasteiger partial charge in [-0.05, 0) is 45.8 Å². The number of anilines is 1. The summed E-state index contributed by atoms with van der Waals surface area (Å²) in [7, 11) is 0. The molecule has 1 aromatic heterocycles. The standard InChI is InChI=1S/C19H14BrF3N2O/c20-18-17(24-10-13-4-5-15(22)9-16(13)23)6-7-25(19(18)26)11-12-2-1-3-14(21)8-12/h1-9,24H,10-11H2. The van der Waals surface area contributed by atoms with Crippen LogP contribution in [0.4, 0.5) is 18.9 Å². The van der Waals surface area contributed by atoms with Crippen molar-refractivity contribution in [1.29, 1.82) is 0 Å². The van der Waals surface area contributed by atoms with E-state index in [2.05, 4.69) is 21.2 Å². The zero-order valence-electron chi connectivity index (χ0n) is 13.5. The van der Waals surface area contributed by atoms with Gasteiger partial charge in [0.25, 0.3) is 5.56 Å². The lowest BCUT2D eigenvalue weighted by Gasteiger charge is -2.12. The number of nitrogens with zero attached hydrogens (tertiary/aromatic N) is 1. The quantitative estimate of drug-likeness (QED) is 0.647. The van der Waals surface area contributed by atoms with Crippen LogP contribution in [0.25, 0.3) is 0 Å². The molecule has 0 saturated heterocycles. The van der Waals surface area contributed by atoms with Crippen molar-refractivity contribution < 1.29 is 13.2 Å². The fourth-order valence-corrected chi connectivity index (χ4v) is 3.00. The zero-order chi connectivity index (χ0) is 18.7. The second-order valence-electron chi connectivity index (χ2n) is 5.70. The third-order valence-corrected chi connectivity index (χ3v) is 4.60. The Hall–Kier alpha value is -2.54. The Kier molecular flexibility index (Phi) is 5.46. The summed E-state index contributed by atoms with van der Waals surface area (Å²) in [6.07, 6.45) is 1.57. The first kappa shape index (κ1) is 18.3. The summed E-state index contributed by atoms with van der Waals surface area (Å²) in [6.45, 7) is 0.320. The van der Waals surface area contributed by atoms with E-state index in [4.69, 9.17) is 0 Å². The summed E-state index contributed by atoms with van der Waals surface area (Å²) in [5, 5.41) is 2.95. The van der Waals surface area contributed by atoms with Crippen LogP contribution in [0.5, 0.6) is 0 Å². The zero-order valence-corrected chi connectivity index (χ0v) is 15.1. The van der Waals surface area contributed by atoms with Gasteiger partial charge in [0.2, 0.25) is 0 Å². The van der Waals surface area contributed by atoms with E-state index in [0.717, 1.165) is 6.07 Å². The minimum atomic E-state index is -0.659. The fraction of sp³-hybridized carbons (Fsp3) is 0.105. The first-order valence-corrected chi connectivity index (χ1v) is 8.54. The van der Waals surface area contributed by atoms with Crippen molar-refractivity contribution in [3.05, 3.63) is 98.1 Å². The summed E-state index contributed by atoms with van der Waals surface area (Å²) in [5.74, 6) is -1.67. The minimum absolute atomic E-state index is 0.0953. The van der Waals surface area contributed by atoms with Gasteiger partial charge in [0.05, 0.1) is 12.2 Å². The van der Waals surface area contributed by atoms with Crippen LogP contribution in [0.15, 0.2) is 64.0 Å². The number of rotatable bonds is 5. The Morgan fingerprint density at radius 1 is 1.00 bits per heavy atom. The number of halogens is 4. The van der Waals surface area contributed by atoms with Crippen molar-refractivity contribution in [1.82, 2.24) is 4.57 Å². The lowest BCUT2D eigenvalue weighted by atomic mass is 10.2. The molecule has 1 heterocycles. The van der Waals surface area contributed by atoms with Gasteiger partial charge in [0.1, 0.15) is 21.9 Å². The van der Waals surface area contributed by atoms with Gasteiger partial charge in [-0.2, -0.15) is 0 Å². The maximum Gasteiger partial charge on any atom is 0.267 e. The van der Waals surface area contributed by atoms with Crippen molar-refractivity contribution in [3.8, 4) is 0 Å². The van der Waals surface area contributed by atoms with Gasteiger partial charge in [-0.25, -0.2) is 13.2 Å². The molecule has 0 atom stereocenters. The molecule has 0 amide bonds. The first-order valence-electron chi connectivity index (χ1n) is 7.75. The van der Waals surface area contributed by atoms with Crippen molar-refractivity contribution in [2.24, 2.45) is 0 Å². The van der Waals surface area contributed by atoms with E-state index in [1.54, 1.807) is 24.4 Å². The van der Waals surface area contributed by atoms with Crippen LogP contribution in [0.2, 0.25) is 0 Å². The van der Waals surface area contributed by atoms with E-state index in [9.17, 15) is 18.0 Å². The lowest BCUT2D eigenvalue weighted by Crippen LogP contribution is -2.22. The highest BCUT2D eigenvalue weighted by Gasteiger charge is 2.10. The lowest BCUT2D eigenvalue weighted by molar-refractivity contribution is 0.574. The van der Waals surface area contributed by atoms with Crippen LogP contribution < -0.4 is 10.9 Å². The third-order valence-electron chi connectivity index (χ3n) is 3.83. The Morgan fingerprint density at radius 3 is 2.50 bits per heavy atom. The van der Waals surface area contributed by atoms with Gasteiger partial charge >= 0.3 is 0 Å². The number of nitrogens with one attached hydrogen (secondary N) is 1. The fourth-order valence-electron chi connectivity index (χ4n) is 2.50. The smallest absolute Gasteiger partial charge is 0.267 e. The molecule has 3 rings (SSSR count). The summed E-state index contributed by atoms with van der Waals surface area (Å²) in [5.41, 5.74) is 1.11. The molecule has 0 radical (unpaired) electrons. The predicted molar refractivity (Wildman–Crippen MR) is 97.6 cm³/mol. The third kappa shape index (κ3) is 4.16. The molecule has 0 fully saturated rings. The highest BCUT2D eigenvalue weighted by molar-refractivity contribution is 9.10. The SMILES string of the molecule is O=c1c(Br)c(NCc2ccc(F)cc2F)ccn1Cc1cccc(F)c1. The normalized spacial score (nSPS) is 10.8. The van der Waals surface area contributed by atoms with Crippen LogP contribution in [-0.2, 0) is 13.1 Å². The van der Waals surface area contributed by atoms with Crippen LogP contribution in [0, 0.1) is 17.5 Å². The molecular weight excluding hydrogens is 409 g/mol. The Bertz CT molecular complexity index is 1000. The number of hydrogen-bond donors (Lipinski definition) is 1. The molecule has 1 N–H and O–H groups in total. The molecule has 26 heavy (non-hydrogen) atoms. The Morgan fingerprint density at radius 2 is 1.77 bits per heavy atom. The van der Waals surface area contributed by atoms with Gasteiger partial charge in [-0.1, -0.05) is 18.2 Å². The van der Waals surface area contributed by atoms with E-state index >= 15 is 0 Å². The van der Waals surface area contributed by atoms with Gasteiger partial charge in [-0.15, -0.1) is 0 Å². The summed E-state index contributed by atoms with van der Waals surface area (Å²) in [6, 6.07) is 11.0. The maximum atomic E-state index is 13.7. The molecule has 0 spiro atoms. The second-order valence-corrected chi connectivity index (χ2v) is 6.49. The highest BCUT2D eigenvalue weighted by atomic mass is 79.9. The van der Waals surface area contributed by atoms with E-state index in [-0.39, 0.29) is 34.5 Å². The largest absolute Gasteiger partial charge is 0.380 e. The van der Waals surface area contributed by atoms with E-state index < -0.39 is 11.6 Å². The molecule has 0 saturated carbocycles. The molecule has 0 unspecified atom stereocenters. The van der Waals surface area contributed by atoms with Crippen molar-refractivity contribution in [2.45, 2.75) is 13.1 Å². The Balaban J connectivity index is 1.78. The van der Waals surface area contributed by atoms with Crippen LogP contribution in [-0.4, -0.2) is 4.57 Å². The molecule has 3 nitrogen and oxygen atoms in total. The van der Waals surface area contributed by atoms with Crippen molar-refractivity contribution >= 4 is 21.6 Å². The Labute approximate surface area is 156 Å². The molecule has 0 aliphatic rings. The molecule has 3 aromatic rings. The van der Waals surface area contributed by atoms with Gasteiger partial charge in [0, 0.05) is 24.4 Å². The topological polar surface area (TPSA) is 34.0 Å². The van der Waals surface area contributed by atoms with Crippen LogP contribution in [0.1, 0.15) is 11.1 Å². The van der Waals surface area contributed by atoms with Crippen LogP contribution in [0.3, 0.4) is 0 Å². The van der Waals surface area contributed by atoms with E-state index in [1.807, 2.05) is 0 Å². The molecule has 0 bridgehead atoms. The molecular formula is C19H14BrF3N2O. The number of aromatic nitrogens is 1. The summed E-state index contributed by atoms with van der Waals surface area (Å²) >= 11 is 3.24. The second kappa shape index (κ2) is 7.78. The highest BCUT2D eigenvalue weighted by Crippen LogP contribution is 2.20. The van der Waals surface area contributed by atoms with Crippen LogP contribution >= 0.6 is 15.9 Å². The number of pyridine rings is 1. The predicted octanol–water partition coefficient (Wildman–Crippen LogP) is 4.69. The van der Waals surface area contributed by atoms with Gasteiger partial charge < -0.3 is 9.88 Å². The summed E-state index contributed by atoms with van der Waals surface area (Å²) in [4.78, 5) is 12.5. The average Bonchev–Trinajstić information content (AvgIpc) is 2.60. The number of benzene rings is 2. The number of hydrogen-bond acceptors (Lipinski definition) is 2. The van der Waals surface area contributed by atoms with Crippen molar-refractivity contribution in [3.63, 3.8) is 0 Å². The molecule has 2 aromatic carbocycles. The van der Waals surface area contributed by atoms with Crippen molar-refractivity contribution in [2.75, 3.05) is 5.32 Å². The minimum Gasteiger partial charge on any atom is -0.380 e. The van der Waals surface area contributed by atoms with E-state index in [1.165, 1.54) is 28.8 Å². The monoisotopic (exact) mass is 422 g/mol. The molecule has 0 aliphatic heterocycles. The first-order chi connectivity index (χ1) is 12.4. The molecule has 0 aliphatic carbocycles. The summed E-state index contributed by atoms with van der Waals surface area (Å²) < 4.78 is 41.6.